The Morgan fingerprint density at radius 2 is 2.13 bits per heavy atom. The van der Waals surface area contributed by atoms with Crippen molar-refractivity contribution in [2.24, 2.45) is 5.92 Å². The predicted molar refractivity (Wildman–Crippen MR) is 90.2 cm³/mol. The van der Waals surface area contributed by atoms with E-state index in [-0.39, 0.29) is 5.82 Å². The van der Waals surface area contributed by atoms with Crippen LogP contribution < -0.4 is 0 Å². The fourth-order valence-electron chi connectivity index (χ4n) is 4.15. The highest BCUT2D eigenvalue weighted by molar-refractivity contribution is 5.84. The van der Waals surface area contributed by atoms with Crippen LogP contribution in [0.25, 0.3) is 10.9 Å². The largest absolute Gasteiger partial charge is 0.381 e. The van der Waals surface area contributed by atoms with Gasteiger partial charge in [-0.1, -0.05) is 0 Å². The molecular formula is C19H25FN2O. The van der Waals surface area contributed by atoms with Crippen LogP contribution in [0.15, 0.2) is 24.4 Å². The molecule has 0 radical (unpaired) electrons. The fourth-order valence-corrected chi connectivity index (χ4v) is 4.15. The third-order valence-corrected chi connectivity index (χ3v) is 5.62. The standard InChI is InChI=1S/C19H25FN2O/c1-21(6-2-14-4-8-23-9-5-14)18-12-16-11-17(20)10-15-3-7-22(13-18)19(15)16/h3,7,10-11,14,18H,2,4-6,8-9,12-13H2,1H3/t18-/m1/s1. The van der Waals surface area contributed by atoms with Crippen molar-refractivity contribution in [3.8, 4) is 0 Å². The van der Waals surface area contributed by atoms with Gasteiger partial charge in [0.1, 0.15) is 5.82 Å². The van der Waals surface area contributed by atoms with Crippen LogP contribution in [0.5, 0.6) is 0 Å². The number of halogens is 1. The molecule has 2 aromatic rings. The SMILES string of the molecule is CN(CCC1CCOCC1)[C@@H]1Cc2cc(F)cc3ccn(c23)C1. The van der Waals surface area contributed by atoms with Crippen LogP contribution in [0, 0.1) is 11.7 Å². The molecule has 0 spiro atoms. The van der Waals surface area contributed by atoms with E-state index in [4.69, 9.17) is 4.74 Å². The molecule has 0 bridgehead atoms. The summed E-state index contributed by atoms with van der Waals surface area (Å²) in [6.45, 7) is 3.97. The van der Waals surface area contributed by atoms with E-state index in [1.807, 2.05) is 6.07 Å². The first-order valence-electron chi connectivity index (χ1n) is 8.76. The van der Waals surface area contributed by atoms with Crippen LogP contribution in [0.4, 0.5) is 4.39 Å². The average Bonchev–Trinajstić information content (AvgIpc) is 2.97. The topological polar surface area (TPSA) is 17.4 Å². The summed E-state index contributed by atoms with van der Waals surface area (Å²) in [6.07, 6.45) is 6.69. The van der Waals surface area contributed by atoms with E-state index in [1.165, 1.54) is 24.8 Å². The second-order valence-corrected chi connectivity index (χ2v) is 7.15. The molecule has 1 aromatic carbocycles. The molecule has 0 N–H and O–H groups in total. The molecule has 4 rings (SSSR count). The summed E-state index contributed by atoms with van der Waals surface area (Å²) in [5, 5.41) is 1.03. The molecule has 3 nitrogen and oxygen atoms in total. The zero-order valence-electron chi connectivity index (χ0n) is 13.8. The zero-order chi connectivity index (χ0) is 15.8. The lowest BCUT2D eigenvalue weighted by Gasteiger charge is -2.34. The van der Waals surface area contributed by atoms with Crippen LogP contribution in [0.2, 0.25) is 0 Å². The normalized spacial score (nSPS) is 22.1. The Hall–Kier alpha value is -1.39. The van der Waals surface area contributed by atoms with Crippen molar-refractivity contribution >= 4 is 10.9 Å². The van der Waals surface area contributed by atoms with Crippen molar-refractivity contribution in [2.45, 2.75) is 38.3 Å². The first kappa shape index (κ1) is 15.2. The Balaban J connectivity index is 1.44. The Kier molecular flexibility index (Phi) is 4.12. The van der Waals surface area contributed by atoms with E-state index in [1.54, 1.807) is 12.1 Å². The summed E-state index contributed by atoms with van der Waals surface area (Å²) in [4.78, 5) is 2.47. The Labute approximate surface area is 137 Å². The van der Waals surface area contributed by atoms with Gasteiger partial charge in [-0.3, -0.25) is 0 Å². The number of benzene rings is 1. The van der Waals surface area contributed by atoms with Crippen molar-refractivity contribution in [1.29, 1.82) is 0 Å². The van der Waals surface area contributed by atoms with Gasteiger partial charge >= 0.3 is 0 Å². The number of likely N-dealkylation sites (N-methyl/N-ethyl adjacent to an activating group) is 1. The maximum absolute atomic E-state index is 13.8. The second-order valence-electron chi connectivity index (χ2n) is 7.15. The Morgan fingerprint density at radius 3 is 2.96 bits per heavy atom. The molecule has 4 heteroatoms. The second kappa shape index (κ2) is 6.25. The molecular weight excluding hydrogens is 291 g/mol. The van der Waals surface area contributed by atoms with Crippen molar-refractivity contribution in [3.05, 3.63) is 35.8 Å². The average molecular weight is 316 g/mol. The van der Waals surface area contributed by atoms with Gasteiger partial charge in [-0.25, -0.2) is 4.39 Å². The molecule has 2 aliphatic heterocycles. The minimum absolute atomic E-state index is 0.115. The quantitative estimate of drug-likeness (QED) is 0.859. The molecule has 23 heavy (non-hydrogen) atoms. The predicted octanol–water partition coefficient (Wildman–Crippen LogP) is 3.45. The van der Waals surface area contributed by atoms with Gasteiger partial charge in [0.25, 0.3) is 0 Å². The van der Waals surface area contributed by atoms with Crippen molar-refractivity contribution in [3.63, 3.8) is 0 Å². The number of ether oxygens (including phenoxy) is 1. The highest BCUT2D eigenvalue weighted by Crippen LogP contribution is 2.29. The molecule has 0 aliphatic carbocycles. The lowest BCUT2D eigenvalue weighted by molar-refractivity contribution is 0.0589. The first-order chi connectivity index (χ1) is 11.2. The highest BCUT2D eigenvalue weighted by Gasteiger charge is 2.25. The molecule has 1 fully saturated rings. The summed E-state index contributed by atoms with van der Waals surface area (Å²) in [6, 6.07) is 5.86. The van der Waals surface area contributed by atoms with Crippen LogP contribution >= 0.6 is 0 Å². The van der Waals surface area contributed by atoms with E-state index >= 15 is 0 Å². The van der Waals surface area contributed by atoms with Gasteiger partial charge in [-0.05, 0) is 69.0 Å². The minimum atomic E-state index is -0.115. The third-order valence-electron chi connectivity index (χ3n) is 5.62. The lowest BCUT2D eigenvalue weighted by atomic mass is 9.95. The molecule has 2 aliphatic rings. The van der Waals surface area contributed by atoms with Gasteiger partial charge in [0.15, 0.2) is 0 Å². The van der Waals surface area contributed by atoms with E-state index in [0.29, 0.717) is 6.04 Å². The molecule has 1 atom stereocenters. The number of nitrogens with zero attached hydrogens (tertiary/aromatic N) is 2. The summed E-state index contributed by atoms with van der Waals surface area (Å²) < 4.78 is 21.5. The van der Waals surface area contributed by atoms with E-state index in [0.717, 1.165) is 49.6 Å². The number of aromatic nitrogens is 1. The molecule has 3 heterocycles. The van der Waals surface area contributed by atoms with Crippen molar-refractivity contribution in [1.82, 2.24) is 9.47 Å². The molecule has 1 saturated heterocycles. The Morgan fingerprint density at radius 1 is 1.30 bits per heavy atom. The van der Waals surface area contributed by atoms with Gasteiger partial charge in [-0.2, -0.15) is 0 Å². The van der Waals surface area contributed by atoms with Gasteiger partial charge in [0.2, 0.25) is 0 Å². The fraction of sp³-hybridized carbons (Fsp3) is 0.579. The Bertz CT molecular complexity index is 690. The summed E-state index contributed by atoms with van der Waals surface area (Å²) in [5.41, 5.74) is 2.37. The van der Waals surface area contributed by atoms with Crippen molar-refractivity contribution in [2.75, 3.05) is 26.8 Å². The monoisotopic (exact) mass is 316 g/mol. The smallest absolute Gasteiger partial charge is 0.124 e. The summed E-state index contributed by atoms with van der Waals surface area (Å²) in [5.74, 6) is 0.688. The summed E-state index contributed by atoms with van der Waals surface area (Å²) >= 11 is 0. The number of rotatable bonds is 4. The van der Waals surface area contributed by atoms with Gasteiger partial charge in [0, 0.05) is 37.4 Å². The van der Waals surface area contributed by atoms with Crippen LogP contribution in [-0.2, 0) is 17.7 Å². The molecule has 0 saturated carbocycles. The number of hydrogen-bond donors (Lipinski definition) is 0. The summed E-state index contributed by atoms with van der Waals surface area (Å²) in [7, 11) is 2.22. The molecule has 124 valence electrons. The van der Waals surface area contributed by atoms with E-state index in [2.05, 4.69) is 22.7 Å². The van der Waals surface area contributed by atoms with Gasteiger partial charge in [0.05, 0.1) is 5.52 Å². The lowest BCUT2D eigenvalue weighted by Crippen LogP contribution is -2.40. The van der Waals surface area contributed by atoms with Gasteiger partial charge < -0.3 is 14.2 Å². The zero-order valence-corrected chi connectivity index (χ0v) is 13.8. The van der Waals surface area contributed by atoms with Crippen molar-refractivity contribution < 1.29 is 9.13 Å². The highest BCUT2D eigenvalue weighted by atomic mass is 19.1. The molecule has 0 unspecified atom stereocenters. The minimum Gasteiger partial charge on any atom is -0.381 e. The third kappa shape index (κ3) is 3.02. The van der Waals surface area contributed by atoms with Crippen LogP contribution in [0.3, 0.4) is 0 Å². The first-order valence-corrected chi connectivity index (χ1v) is 8.76. The van der Waals surface area contributed by atoms with E-state index in [9.17, 15) is 4.39 Å². The molecule has 0 amide bonds. The molecule has 1 aromatic heterocycles. The number of hydrogen-bond acceptors (Lipinski definition) is 2. The van der Waals surface area contributed by atoms with Crippen LogP contribution in [0.1, 0.15) is 24.8 Å². The van der Waals surface area contributed by atoms with Gasteiger partial charge in [-0.15, -0.1) is 0 Å². The van der Waals surface area contributed by atoms with Crippen LogP contribution in [-0.4, -0.2) is 42.3 Å². The maximum Gasteiger partial charge on any atom is 0.124 e. The van der Waals surface area contributed by atoms with E-state index < -0.39 is 0 Å². The maximum atomic E-state index is 13.8.